The van der Waals surface area contributed by atoms with Crippen LogP contribution in [0.25, 0.3) is 5.69 Å². The highest BCUT2D eigenvalue weighted by Crippen LogP contribution is 2.17. The summed E-state index contributed by atoms with van der Waals surface area (Å²) >= 11 is 0. The number of aromatic nitrogens is 3. The van der Waals surface area contributed by atoms with Crippen LogP contribution >= 0.6 is 0 Å². The Morgan fingerprint density at radius 2 is 2.24 bits per heavy atom. The van der Waals surface area contributed by atoms with Gasteiger partial charge in [0.25, 0.3) is 0 Å². The summed E-state index contributed by atoms with van der Waals surface area (Å²) in [5.41, 5.74) is 1.71. The van der Waals surface area contributed by atoms with Crippen LogP contribution in [-0.4, -0.2) is 31.2 Å². The topological polar surface area (TPSA) is 88.2 Å². The molecule has 1 heterocycles. The fourth-order valence-electron chi connectivity index (χ4n) is 1.54. The smallest absolute Gasteiger partial charge is 0.309 e. The lowest BCUT2D eigenvalue weighted by Gasteiger charge is -2.03. The predicted octanol–water partition coefficient (Wildman–Crippen LogP) is 0.908. The first-order valence-electron chi connectivity index (χ1n) is 5.00. The van der Waals surface area contributed by atoms with Gasteiger partial charge in [0.15, 0.2) is 0 Å². The number of hydrogen-bond donors (Lipinski definition) is 2. The minimum Gasteiger partial charge on any atom is -0.508 e. The van der Waals surface area contributed by atoms with Gasteiger partial charge in [0.2, 0.25) is 0 Å². The number of nitrogens with zero attached hydrogens (tertiary/aromatic N) is 3. The standard InChI is InChI=1S/C11H11N3O3/c1-7-10(6-11(16)17)12-13-14(7)8-3-2-4-9(15)5-8/h2-5,15H,6H2,1H3,(H,16,17). The third-order valence-corrected chi connectivity index (χ3v) is 2.38. The van der Waals surface area contributed by atoms with Gasteiger partial charge in [-0.2, -0.15) is 0 Å². The molecular formula is C11H11N3O3. The molecule has 0 radical (unpaired) electrons. The van der Waals surface area contributed by atoms with Gasteiger partial charge < -0.3 is 10.2 Å². The van der Waals surface area contributed by atoms with Crippen LogP contribution in [0.1, 0.15) is 11.4 Å². The molecule has 0 fully saturated rings. The molecule has 0 aliphatic rings. The van der Waals surface area contributed by atoms with Gasteiger partial charge in [-0.05, 0) is 19.1 Å². The van der Waals surface area contributed by atoms with E-state index in [1.54, 1.807) is 25.1 Å². The molecule has 6 nitrogen and oxygen atoms in total. The normalized spacial score (nSPS) is 10.4. The van der Waals surface area contributed by atoms with Crippen LogP contribution in [0.3, 0.4) is 0 Å². The maximum absolute atomic E-state index is 10.6. The van der Waals surface area contributed by atoms with Crippen molar-refractivity contribution in [2.24, 2.45) is 0 Å². The number of aliphatic carboxylic acids is 1. The molecule has 0 unspecified atom stereocenters. The lowest BCUT2D eigenvalue weighted by Crippen LogP contribution is -2.03. The first-order valence-corrected chi connectivity index (χ1v) is 5.00. The number of phenolic OH excluding ortho intramolecular Hbond substituents is 1. The summed E-state index contributed by atoms with van der Waals surface area (Å²) in [6.45, 7) is 1.74. The van der Waals surface area contributed by atoms with E-state index in [9.17, 15) is 9.90 Å². The summed E-state index contributed by atoms with van der Waals surface area (Å²) in [6, 6.07) is 6.52. The predicted molar refractivity (Wildman–Crippen MR) is 59.1 cm³/mol. The second kappa shape index (κ2) is 4.25. The molecule has 0 aliphatic carbocycles. The van der Waals surface area contributed by atoms with Gasteiger partial charge in [0, 0.05) is 6.07 Å². The maximum Gasteiger partial charge on any atom is 0.309 e. The Morgan fingerprint density at radius 1 is 1.47 bits per heavy atom. The highest BCUT2D eigenvalue weighted by molar-refractivity contribution is 5.69. The Bertz CT molecular complexity index is 563. The number of benzene rings is 1. The molecule has 0 aliphatic heterocycles. The Balaban J connectivity index is 2.40. The number of hydrogen-bond acceptors (Lipinski definition) is 4. The van der Waals surface area contributed by atoms with E-state index < -0.39 is 5.97 Å². The first-order chi connectivity index (χ1) is 8.08. The van der Waals surface area contributed by atoms with E-state index in [1.807, 2.05) is 0 Å². The number of phenols is 1. The van der Waals surface area contributed by atoms with E-state index in [1.165, 1.54) is 10.7 Å². The number of rotatable bonds is 3. The van der Waals surface area contributed by atoms with Crippen molar-refractivity contribution in [3.05, 3.63) is 35.7 Å². The molecule has 1 aromatic carbocycles. The van der Waals surface area contributed by atoms with Crippen LogP contribution in [0.15, 0.2) is 24.3 Å². The fourth-order valence-corrected chi connectivity index (χ4v) is 1.54. The van der Waals surface area contributed by atoms with Crippen molar-refractivity contribution in [2.75, 3.05) is 0 Å². The average Bonchev–Trinajstić information content (AvgIpc) is 2.60. The van der Waals surface area contributed by atoms with Crippen molar-refractivity contribution in [2.45, 2.75) is 13.3 Å². The van der Waals surface area contributed by atoms with Crippen LogP contribution in [0.4, 0.5) is 0 Å². The van der Waals surface area contributed by atoms with E-state index in [-0.39, 0.29) is 12.2 Å². The Labute approximate surface area is 97.1 Å². The first kappa shape index (κ1) is 11.1. The number of aromatic hydroxyl groups is 1. The highest BCUT2D eigenvalue weighted by atomic mass is 16.4. The quantitative estimate of drug-likeness (QED) is 0.822. The van der Waals surface area contributed by atoms with Crippen molar-refractivity contribution < 1.29 is 15.0 Å². The van der Waals surface area contributed by atoms with Crippen LogP contribution < -0.4 is 0 Å². The summed E-state index contributed by atoms with van der Waals surface area (Å²) in [6.07, 6.45) is -0.162. The fraction of sp³-hybridized carbons (Fsp3) is 0.182. The Hall–Kier alpha value is -2.37. The van der Waals surface area contributed by atoms with Crippen LogP contribution in [0, 0.1) is 6.92 Å². The Morgan fingerprint density at radius 3 is 2.88 bits per heavy atom. The van der Waals surface area contributed by atoms with Crippen molar-refractivity contribution in [3.63, 3.8) is 0 Å². The SMILES string of the molecule is Cc1c(CC(=O)O)nnn1-c1cccc(O)c1. The molecule has 6 heteroatoms. The molecule has 2 rings (SSSR count). The zero-order valence-electron chi connectivity index (χ0n) is 9.16. The maximum atomic E-state index is 10.6. The molecule has 17 heavy (non-hydrogen) atoms. The van der Waals surface area contributed by atoms with Crippen LogP contribution in [0.2, 0.25) is 0 Å². The third kappa shape index (κ3) is 2.25. The van der Waals surface area contributed by atoms with Gasteiger partial charge in [-0.15, -0.1) is 5.10 Å². The highest BCUT2D eigenvalue weighted by Gasteiger charge is 2.12. The van der Waals surface area contributed by atoms with Crippen molar-refractivity contribution in [1.29, 1.82) is 0 Å². The molecule has 0 amide bonds. The molecule has 2 aromatic rings. The second-order valence-corrected chi connectivity index (χ2v) is 3.62. The summed E-state index contributed by atoms with van der Waals surface area (Å²) < 4.78 is 1.50. The lowest BCUT2D eigenvalue weighted by atomic mass is 10.2. The minimum absolute atomic E-state index is 0.122. The van der Waals surface area contributed by atoms with Gasteiger partial charge in [0.05, 0.1) is 23.5 Å². The lowest BCUT2D eigenvalue weighted by molar-refractivity contribution is -0.136. The summed E-state index contributed by atoms with van der Waals surface area (Å²) in [5.74, 6) is -0.826. The summed E-state index contributed by atoms with van der Waals surface area (Å²) in [5, 5.41) is 25.7. The molecule has 0 spiro atoms. The molecule has 0 saturated carbocycles. The second-order valence-electron chi connectivity index (χ2n) is 3.62. The summed E-state index contributed by atoms with van der Waals surface area (Å²) in [4.78, 5) is 10.6. The van der Waals surface area contributed by atoms with Gasteiger partial charge >= 0.3 is 5.97 Å². The van der Waals surface area contributed by atoms with Gasteiger partial charge in [-0.3, -0.25) is 4.79 Å². The molecule has 1 aromatic heterocycles. The van der Waals surface area contributed by atoms with E-state index in [2.05, 4.69) is 10.3 Å². The van der Waals surface area contributed by atoms with Crippen molar-refractivity contribution in [1.82, 2.24) is 15.0 Å². The minimum atomic E-state index is -0.948. The third-order valence-electron chi connectivity index (χ3n) is 2.38. The summed E-state index contributed by atoms with van der Waals surface area (Å²) in [7, 11) is 0. The van der Waals surface area contributed by atoms with Gasteiger partial charge in [-0.1, -0.05) is 11.3 Å². The molecule has 0 bridgehead atoms. The van der Waals surface area contributed by atoms with E-state index in [0.29, 0.717) is 17.1 Å². The monoisotopic (exact) mass is 233 g/mol. The molecule has 0 saturated heterocycles. The molecule has 88 valence electrons. The van der Waals surface area contributed by atoms with Gasteiger partial charge in [-0.25, -0.2) is 4.68 Å². The van der Waals surface area contributed by atoms with Crippen molar-refractivity contribution >= 4 is 5.97 Å². The zero-order valence-corrected chi connectivity index (χ0v) is 9.16. The zero-order chi connectivity index (χ0) is 12.4. The molecular weight excluding hydrogens is 222 g/mol. The van der Waals surface area contributed by atoms with Gasteiger partial charge in [0.1, 0.15) is 5.75 Å². The number of carbonyl (C=O) groups is 1. The van der Waals surface area contributed by atoms with E-state index >= 15 is 0 Å². The molecule has 2 N–H and O–H groups in total. The average molecular weight is 233 g/mol. The Kier molecular flexibility index (Phi) is 2.78. The van der Waals surface area contributed by atoms with E-state index in [4.69, 9.17) is 5.11 Å². The number of carboxylic acids is 1. The van der Waals surface area contributed by atoms with Crippen molar-refractivity contribution in [3.8, 4) is 11.4 Å². The number of carboxylic acid groups (broad SMARTS) is 1. The van der Waals surface area contributed by atoms with Crippen LogP contribution in [-0.2, 0) is 11.2 Å². The molecule has 0 atom stereocenters. The van der Waals surface area contributed by atoms with Crippen LogP contribution in [0.5, 0.6) is 5.75 Å². The van der Waals surface area contributed by atoms with E-state index in [0.717, 1.165) is 0 Å². The largest absolute Gasteiger partial charge is 0.508 e.